The second-order valence-corrected chi connectivity index (χ2v) is 6.06. The van der Waals surface area contributed by atoms with Crippen LogP contribution < -0.4 is 5.73 Å². The first-order valence-corrected chi connectivity index (χ1v) is 7.37. The van der Waals surface area contributed by atoms with Crippen molar-refractivity contribution in [2.75, 3.05) is 5.73 Å². The maximum atomic E-state index is 6.22. The van der Waals surface area contributed by atoms with Crippen molar-refractivity contribution in [1.29, 1.82) is 0 Å². The van der Waals surface area contributed by atoms with E-state index in [9.17, 15) is 0 Å². The third kappa shape index (κ3) is 2.70. The lowest BCUT2D eigenvalue weighted by Gasteiger charge is -2.08. The van der Waals surface area contributed by atoms with E-state index in [0.29, 0.717) is 23.1 Å². The van der Waals surface area contributed by atoms with Gasteiger partial charge in [0.15, 0.2) is 0 Å². The highest BCUT2D eigenvalue weighted by molar-refractivity contribution is 9.10. The van der Waals surface area contributed by atoms with Crippen LogP contribution in [0.25, 0.3) is 11.3 Å². The molecule has 1 heterocycles. The largest absolute Gasteiger partial charge is 0.383 e. The molecule has 3 nitrogen and oxygen atoms in total. The summed E-state index contributed by atoms with van der Waals surface area (Å²) in [4.78, 5) is 4.65. The van der Waals surface area contributed by atoms with E-state index in [1.807, 2.05) is 22.8 Å². The summed E-state index contributed by atoms with van der Waals surface area (Å²) < 4.78 is 2.77. The third-order valence-corrected chi connectivity index (χ3v) is 3.91. The molecule has 0 bridgehead atoms. The first kappa shape index (κ1) is 15.0. The van der Waals surface area contributed by atoms with Gasteiger partial charge in [-0.05, 0) is 18.2 Å². The summed E-state index contributed by atoms with van der Waals surface area (Å²) in [6.45, 7) is 4.53. The number of hydrogen-bond acceptors (Lipinski definition) is 2. The highest BCUT2D eigenvalue weighted by Gasteiger charge is 2.19. The summed E-state index contributed by atoms with van der Waals surface area (Å²) in [6.07, 6.45) is 5.42. The van der Waals surface area contributed by atoms with Gasteiger partial charge in [-0.3, -0.25) is 0 Å². The Kier molecular flexibility index (Phi) is 4.42. The normalized spacial score (nSPS) is 10.8. The molecule has 2 aromatic rings. The monoisotopic (exact) mass is 351 g/mol. The number of halogens is 2. The Bertz CT molecular complexity index is 683. The number of imidazole rings is 1. The van der Waals surface area contributed by atoms with Gasteiger partial charge in [-0.2, -0.15) is 0 Å². The summed E-state index contributed by atoms with van der Waals surface area (Å²) >= 11 is 9.57. The number of nitrogen functional groups attached to an aromatic ring is 1. The predicted molar refractivity (Wildman–Crippen MR) is 87.7 cm³/mol. The standard InChI is InChI=1S/C15H15BrClN3/c1-4-7-20-14(18)13(19-15(20)9(2)3)11-8-10(17)5-6-12(11)16/h1,5-6,8-9H,7,18H2,2-3H3. The predicted octanol–water partition coefficient (Wildman–Crippen LogP) is 4.30. The van der Waals surface area contributed by atoms with Crippen molar-refractivity contribution in [3.8, 4) is 23.6 Å². The van der Waals surface area contributed by atoms with Gasteiger partial charge in [-0.1, -0.05) is 47.3 Å². The van der Waals surface area contributed by atoms with Gasteiger partial charge < -0.3 is 10.3 Å². The van der Waals surface area contributed by atoms with Crippen molar-refractivity contribution in [1.82, 2.24) is 9.55 Å². The molecule has 1 aromatic carbocycles. The molecule has 0 fully saturated rings. The minimum absolute atomic E-state index is 0.234. The van der Waals surface area contributed by atoms with Crippen molar-refractivity contribution in [2.24, 2.45) is 0 Å². The number of benzene rings is 1. The van der Waals surface area contributed by atoms with Crippen molar-refractivity contribution in [2.45, 2.75) is 26.3 Å². The molecule has 104 valence electrons. The van der Waals surface area contributed by atoms with Gasteiger partial charge in [0.25, 0.3) is 0 Å². The van der Waals surface area contributed by atoms with Crippen molar-refractivity contribution in [3.05, 3.63) is 33.5 Å². The van der Waals surface area contributed by atoms with E-state index < -0.39 is 0 Å². The van der Waals surface area contributed by atoms with Crippen LogP contribution in [0.2, 0.25) is 5.02 Å². The number of terminal acetylenes is 1. The lowest BCUT2D eigenvalue weighted by molar-refractivity contribution is 0.691. The molecule has 0 aliphatic carbocycles. The summed E-state index contributed by atoms with van der Waals surface area (Å²) in [5.74, 6) is 4.29. The topological polar surface area (TPSA) is 43.8 Å². The first-order valence-electron chi connectivity index (χ1n) is 6.20. The average Bonchev–Trinajstić information content (AvgIpc) is 2.71. The summed E-state index contributed by atoms with van der Waals surface area (Å²) in [5.41, 5.74) is 7.79. The Labute approximate surface area is 132 Å². The molecule has 0 radical (unpaired) electrons. The van der Waals surface area contributed by atoms with E-state index in [-0.39, 0.29) is 5.92 Å². The highest BCUT2D eigenvalue weighted by Crippen LogP contribution is 2.35. The van der Waals surface area contributed by atoms with Crippen molar-refractivity contribution >= 4 is 33.3 Å². The molecular weight excluding hydrogens is 338 g/mol. The van der Waals surface area contributed by atoms with E-state index in [4.69, 9.17) is 23.8 Å². The first-order chi connectivity index (χ1) is 9.45. The highest BCUT2D eigenvalue weighted by atomic mass is 79.9. The van der Waals surface area contributed by atoms with Crippen LogP contribution in [0.5, 0.6) is 0 Å². The zero-order valence-corrected chi connectivity index (χ0v) is 13.7. The van der Waals surface area contributed by atoms with Crippen LogP contribution in [0.1, 0.15) is 25.6 Å². The Hall–Kier alpha value is -1.44. The number of nitrogens with zero attached hydrogens (tertiary/aromatic N) is 2. The van der Waals surface area contributed by atoms with Gasteiger partial charge in [0, 0.05) is 21.0 Å². The average molecular weight is 353 g/mol. The van der Waals surface area contributed by atoms with Crippen LogP contribution in [-0.4, -0.2) is 9.55 Å². The third-order valence-electron chi connectivity index (χ3n) is 2.99. The van der Waals surface area contributed by atoms with Crippen LogP contribution in [0.3, 0.4) is 0 Å². The minimum atomic E-state index is 0.234. The van der Waals surface area contributed by atoms with Gasteiger partial charge in [-0.15, -0.1) is 6.42 Å². The Morgan fingerprint density at radius 1 is 1.50 bits per heavy atom. The molecule has 0 aliphatic heterocycles. The van der Waals surface area contributed by atoms with Crippen LogP contribution in [0.15, 0.2) is 22.7 Å². The fraction of sp³-hybridized carbons (Fsp3) is 0.267. The van der Waals surface area contributed by atoms with Crippen LogP contribution in [-0.2, 0) is 6.54 Å². The molecule has 0 atom stereocenters. The smallest absolute Gasteiger partial charge is 0.132 e. The molecule has 0 unspecified atom stereocenters. The number of rotatable bonds is 3. The van der Waals surface area contributed by atoms with Gasteiger partial charge in [0.2, 0.25) is 0 Å². The second-order valence-electron chi connectivity index (χ2n) is 4.77. The minimum Gasteiger partial charge on any atom is -0.383 e. The van der Waals surface area contributed by atoms with E-state index in [0.717, 1.165) is 15.9 Å². The molecule has 0 saturated carbocycles. The van der Waals surface area contributed by atoms with Gasteiger partial charge in [0.05, 0.1) is 6.54 Å². The second kappa shape index (κ2) is 5.90. The summed E-state index contributed by atoms with van der Waals surface area (Å²) in [7, 11) is 0. The fourth-order valence-corrected chi connectivity index (χ4v) is 2.67. The number of nitrogens with two attached hydrogens (primary N) is 1. The fourth-order valence-electron chi connectivity index (χ4n) is 2.06. The van der Waals surface area contributed by atoms with Crippen molar-refractivity contribution < 1.29 is 0 Å². The molecule has 0 saturated heterocycles. The van der Waals surface area contributed by atoms with Crippen LogP contribution in [0, 0.1) is 12.3 Å². The van der Waals surface area contributed by atoms with Crippen LogP contribution in [0.4, 0.5) is 5.82 Å². The quantitative estimate of drug-likeness (QED) is 0.837. The molecule has 0 amide bonds. The Morgan fingerprint density at radius 3 is 2.80 bits per heavy atom. The lowest BCUT2D eigenvalue weighted by atomic mass is 10.1. The van der Waals surface area contributed by atoms with Gasteiger partial charge in [0.1, 0.15) is 17.3 Å². The maximum absolute atomic E-state index is 6.22. The molecule has 0 aliphatic rings. The number of aromatic nitrogens is 2. The molecule has 1 aromatic heterocycles. The Morgan fingerprint density at radius 2 is 2.20 bits per heavy atom. The van der Waals surface area contributed by atoms with Crippen LogP contribution >= 0.6 is 27.5 Å². The zero-order valence-electron chi connectivity index (χ0n) is 11.3. The molecule has 2 rings (SSSR count). The lowest BCUT2D eigenvalue weighted by Crippen LogP contribution is -2.07. The van der Waals surface area contributed by atoms with E-state index in [2.05, 4.69) is 40.7 Å². The summed E-state index contributed by atoms with van der Waals surface area (Å²) in [5, 5.41) is 0.639. The SMILES string of the molecule is C#CCn1c(C(C)C)nc(-c2cc(Cl)ccc2Br)c1N. The molecular formula is C15H15BrClN3. The molecule has 0 spiro atoms. The molecule has 20 heavy (non-hydrogen) atoms. The van der Waals surface area contributed by atoms with Crippen molar-refractivity contribution in [3.63, 3.8) is 0 Å². The molecule has 2 N–H and O–H groups in total. The number of anilines is 1. The zero-order chi connectivity index (χ0) is 14.9. The molecule has 5 heteroatoms. The van der Waals surface area contributed by atoms with Gasteiger partial charge in [-0.25, -0.2) is 4.98 Å². The van der Waals surface area contributed by atoms with Gasteiger partial charge >= 0.3 is 0 Å². The number of hydrogen-bond donors (Lipinski definition) is 1. The maximum Gasteiger partial charge on any atom is 0.132 e. The van der Waals surface area contributed by atoms with E-state index in [1.165, 1.54) is 0 Å². The Balaban J connectivity index is 2.66. The van der Waals surface area contributed by atoms with E-state index in [1.54, 1.807) is 0 Å². The summed E-state index contributed by atoms with van der Waals surface area (Å²) in [6, 6.07) is 5.54. The van der Waals surface area contributed by atoms with E-state index >= 15 is 0 Å².